The Morgan fingerprint density at radius 2 is 1.90 bits per heavy atom. The molecule has 0 heterocycles. The van der Waals surface area contributed by atoms with E-state index in [-0.39, 0.29) is 11.3 Å². The summed E-state index contributed by atoms with van der Waals surface area (Å²) in [6.45, 7) is 2.06. The Labute approximate surface area is 163 Å². The summed E-state index contributed by atoms with van der Waals surface area (Å²) in [4.78, 5) is 12.3. The van der Waals surface area contributed by atoms with Gasteiger partial charge in [-0.05, 0) is 48.6 Å². The van der Waals surface area contributed by atoms with Gasteiger partial charge in [0.1, 0.15) is 11.6 Å². The van der Waals surface area contributed by atoms with Gasteiger partial charge in [-0.2, -0.15) is 0 Å². The fourth-order valence-corrected chi connectivity index (χ4v) is 3.19. The van der Waals surface area contributed by atoms with Crippen LogP contribution in [0.2, 0.25) is 0 Å². The van der Waals surface area contributed by atoms with Gasteiger partial charge in [-0.3, -0.25) is 0 Å². The van der Waals surface area contributed by atoms with Gasteiger partial charge in [0.15, 0.2) is 11.6 Å². The lowest BCUT2D eigenvalue weighted by Crippen LogP contribution is -2.18. The molecule has 0 aliphatic heterocycles. The number of esters is 1. The average molecular weight is 412 g/mol. The molecule has 0 amide bonds. The summed E-state index contributed by atoms with van der Waals surface area (Å²) in [7, 11) is 0. The van der Waals surface area contributed by atoms with Crippen LogP contribution in [0.1, 0.15) is 41.3 Å². The molecule has 0 unspecified atom stereocenters. The van der Waals surface area contributed by atoms with E-state index in [0.29, 0.717) is 30.5 Å². The Hall–Kier alpha value is -2.90. The molecule has 3 nitrogen and oxygen atoms in total. The third-order valence-corrected chi connectivity index (χ3v) is 4.48. The molecule has 2 aromatic carbocycles. The maximum absolute atomic E-state index is 14.8. The molecule has 0 bridgehead atoms. The Morgan fingerprint density at radius 3 is 2.55 bits per heavy atom. The van der Waals surface area contributed by atoms with Gasteiger partial charge in [0, 0.05) is 6.07 Å². The second-order valence-corrected chi connectivity index (χ2v) is 6.59. The molecule has 8 heteroatoms. The van der Waals surface area contributed by atoms with Crippen LogP contribution in [0.3, 0.4) is 0 Å². The number of rotatable bonds is 5. The molecule has 1 aliphatic carbocycles. The zero-order chi connectivity index (χ0) is 21.2. The maximum atomic E-state index is 14.8. The fraction of sp³-hybridized carbons (Fsp3) is 0.286. The van der Waals surface area contributed by atoms with Gasteiger partial charge in [-0.15, -0.1) is 13.2 Å². The number of hydrogen-bond donors (Lipinski definition) is 0. The number of fused-ring (bicyclic) bond motifs is 1. The van der Waals surface area contributed by atoms with Gasteiger partial charge in [0.25, 0.3) is 0 Å². The Kier molecular flexibility index (Phi) is 5.91. The lowest BCUT2D eigenvalue weighted by atomic mass is 9.88. The highest BCUT2D eigenvalue weighted by atomic mass is 19.4. The maximum Gasteiger partial charge on any atom is 0.573 e. The lowest BCUT2D eigenvalue weighted by Gasteiger charge is -2.18. The van der Waals surface area contributed by atoms with E-state index in [1.807, 2.05) is 6.08 Å². The quantitative estimate of drug-likeness (QED) is 0.265. The smallest absolute Gasteiger partial charge is 0.423 e. The van der Waals surface area contributed by atoms with Crippen molar-refractivity contribution in [1.82, 2.24) is 0 Å². The molecule has 0 saturated carbocycles. The Morgan fingerprint density at radius 1 is 1.14 bits per heavy atom. The van der Waals surface area contributed by atoms with Crippen molar-refractivity contribution < 1.29 is 36.2 Å². The highest BCUT2D eigenvalue weighted by molar-refractivity contribution is 5.91. The van der Waals surface area contributed by atoms with Crippen LogP contribution in [0.25, 0.3) is 0 Å². The van der Waals surface area contributed by atoms with Gasteiger partial charge in [0.05, 0.1) is 5.56 Å². The summed E-state index contributed by atoms with van der Waals surface area (Å²) < 4.78 is 73.5. The molecule has 0 aromatic heterocycles. The van der Waals surface area contributed by atoms with Crippen molar-refractivity contribution in [2.75, 3.05) is 0 Å². The summed E-state index contributed by atoms with van der Waals surface area (Å²) in [5.41, 5.74) is 2.09. The number of hydrogen-bond acceptors (Lipinski definition) is 3. The topological polar surface area (TPSA) is 35.5 Å². The van der Waals surface area contributed by atoms with E-state index in [9.17, 15) is 26.7 Å². The van der Waals surface area contributed by atoms with E-state index in [4.69, 9.17) is 4.74 Å². The highest BCUT2D eigenvalue weighted by Gasteiger charge is 2.32. The zero-order valence-corrected chi connectivity index (χ0v) is 15.4. The molecule has 3 rings (SSSR count). The van der Waals surface area contributed by atoms with Crippen LogP contribution in [0, 0.1) is 11.6 Å². The van der Waals surface area contributed by atoms with Gasteiger partial charge >= 0.3 is 12.3 Å². The summed E-state index contributed by atoms with van der Waals surface area (Å²) in [5.74, 6) is -4.59. The minimum atomic E-state index is -5.06. The summed E-state index contributed by atoms with van der Waals surface area (Å²) in [5, 5.41) is 0. The molecule has 1 aliphatic rings. The van der Waals surface area contributed by atoms with Crippen molar-refractivity contribution in [2.24, 2.45) is 0 Å². The Bertz CT molecular complexity index is 964. The number of alkyl halides is 3. The monoisotopic (exact) mass is 412 g/mol. The predicted octanol–water partition coefficient (Wildman–Crippen LogP) is 5.91. The molecule has 0 N–H and O–H groups in total. The summed E-state index contributed by atoms with van der Waals surface area (Å²) in [6.07, 6.45) is -0.242. The van der Waals surface area contributed by atoms with Crippen LogP contribution in [0.4, 0.5) is 22.0 Å². The number of allylic oxidation sites excluding steroid dienone is 2. The van der Waals surface area contributed by atoms with E-state index in [1.165, 1.54) is 11.6 Å². The van der Waals surface area contributed by atoms with E-state index in [1.54, 1.807) is 6.07 Å². The van der Waals surface area contributed by atoms with Crippen LogP contribution in [-0.2, 0) is 12.8 Å². The second kappa shape index (κ2) is 8.23. The zero-order valence-electron chi connectivity index (χ0n) is 15.4. The first-order valence-corrected chi connectivity index (χ1v) is 8.93. The number of halogens is 5. The molecular formula is C21H17F5O3. The van der Waals surface area contributed by atoms with Crippen molar-refractivity contribution in [3.63, 3.8) is 0 Å². The minimum Gasteiger partial charge on any atom is -0.423 e. The molecule has 0 spiro atoms. The number of benzene rings is 2. The van der Waals surface area contributed by atoms with Gasteiger partial charge in [-0.1, -0.05) is 31.1 Å². The van der Waals surface area contributed by atoms with Gasteiger partial charge < -0.3 is 9.47 Å². The van der Waals surface area contributed by atoms with Crippen LogP contribution in [0.5, 0.6) is 11.5 Å². The van der Waals surface area contributed by atoms with Crippen molar-refractivity contribution in [3.05, 3.63) is 70.3 Å². The largest absolute Gasteiger partial charge is 0.573 e. The molecule has 2 aromatic rings. The average Bonchev–Trinajstić information content (AvgIpc) is 2.63. The van der Waals surface area contributed by atoms with E-state index < -0.39 is 29.7 Å². The first-order chi connectivity index (χ1) is 13.7. The third kappa shape index (κ3) is 4.93. The van der Waals surface area contributed by atoms with Crippen molar-refractivity contribution in [3.8, 4) is 11.5 Å². The SMILES string of the molecule is CCCC1=CCc2c(ccc(C(=O)Oc3ccc(OC(F)(F)F)c(F)c3)c2F)C1. The highest BCUT2D eigenvalue weighted by Crippen LogP contribution is 2.30. The van der Waals surface area contributed by atoms with Crippen molar-refractivity contribution >= 4 is 5.97 Å². The first kappa shape index (κ1) is 20.8. The van der Waals surface area contributed by atoms with E-state index in [0.717, 1.165) is 24.5 Å². The number of ether oxygens (including phenoxy) is 2. The number of carbonyl (C=O) groups is 1. The minimum absolute atomic E-state index is 0.327. The summed E-state index contributed by atoms with van der Waals surface area (Å²) in [6, 6.07) is 5.11. The van der Waals surface area contributed by atoms with Gasteiger partial charge in [0.2, 0.25) is 0 Å². The fourth-order valence-electron chi connectivity index (χ4n) is 3.19. The molecule has 29 heavy (non-hydrogen) atoms. The van der Waals surface area contributed by atoms with E-state index >= 15 is 0 Å². The summed E-state index contributed by atoms with van der Waals surface area (Å²) >= 11 is 0. The van der Waals surface area contributed by atoms with Crippen LogP contribution in [-0.4, -0.2) is 12.3 Å². The predicted molar refractivity (Wildman–Crippen MR) is 94.8 cm³/mol. The molecule has 0 saturated heterocycles. The van der Waals surface area contributed by atoms with Crippen molar-refractivity contribution in [1.29, 1.82) is 0 Å². The van der Waals surface area contributed by atoms with Crippen LogP contribution < -0.4 is 9.47 Å². The standard InChI is InChI=1S/C21H17F5O3/c1-2-3-12-4-7-15-13(10-12)5-8-16(19(15)23)20(27)28-14-6-9-18(17(22)11-14)29-21(24,25)26/h4-6,8-9,11H,2-3,7,10H2,1H3. The van der Waals surface area contributed by atoms with Gasteiger partial charge in [-0.25, -0.2) is 13.6 Å². The normalized spacial score (nSPS) is 13.5. The second-order valence-electron chi connectivity index (χ2n) is 6.59. The van der Waals surface area contributed by atoms with Crippen LogP contribution >= 0.6 is 0 Å². The first-order valence-electron chi connectivity index (χ1n) is 8.93. The third-order valence-electron chi connectivity index (χ3n) is 4.48. The molecular weight excluding hydrogens is 395 g/mol. The molecule has 0 fully saturated rings. The lowest BCUT2D eigenvalue weighted by molar-refractivity contribution is -0.275. The van der Waals surface area contributed by atoms with E-state index in [2.05, 4.69) is 11.7 Å². The van der Waals surface area contributed by atoms with Crippen LogP contribution in [0.15, 0.2) is 42.0 Å². The molecule has 0 radical (unpaired) electrons. The van der Waals surface area contributed by atoms with Crippen molar-refractivity contribution in [2.45, 2.75) is 39.0 Å². The Balaban J connectivity index is 1.77. The number of carbonyl (C=O) groups excluding carboxylic acids is 1. The molecule has 154 valence electrons. The molecule has 0 atom stereocenters.